The average Bonchev–Trinajstić information content (AvgIpc) is 2.22. The Morgan fingerprint density at radius 3 is 2.53 bits per heavy atom. The third-order valence-corrected chi connectivity index (χ3v) is 3.18. The Morgan fingerprint density at radius 1 is 1.29 bits per heavy atom. The first-order chi connectivity index (χ1) is 8.08. The number of amides is 1. The van der Waals surface area contributed by atoms with E-state index >= 15 is 0 Å². The molecule has 0 bridgehead atoms. The molecule has 0 atom stereocenters. The molecule has 2 rings (SSSR count). The van der Waals surface area contributed by atoms with Gasteiger partial charge in [-0.25, -0.2) is 4.79 Å². The van der Waals surface area contributed by atoms with Gasteiger partial charge in [-0.15, -0.1) is 0 Å². The van der Waals surface area contributed by atoms with Crippen molar-refractivity contribution in [3.8, 4) is 0 Å². The van der Waals surface area contributed by atoms with Gasteiger partial charge in [-0.1, -0.05) is 18.2 Å². The lowest BCUT2D eigenvalue weighted by atomic mass is 9.74. The lowest BCUT2D eigenvalue weighted by Crippen LogP contribution is -2.42. The third-order valence-electron chi connectivity index (χ3n) is 3.18. The maximum Gasteiger partial charge on any atom is 0.335 e. The molecule has 1 fully saturated rings. The van der Waals surface area contributed by atoms with Crippen LogP contribution in [0.3, 0.4) is 0 Å². The summed E-state index contributed by atoms with van der Waals surface area (Å²) in [5, 5.41) is 11.9. The van der Waals surface area contributed by atoms with Crippen molar-refractivity contribution < 1.29 is 14.7 Å². The summed E-state index contributed by atoms with van der Waals surface area (Å²) in [7, 11) is 0. The Bertz CT molecular complexity index is 450. The van der Waals surface area contributed by atoms with Gasteiger partial charge in [0.05, 0.1) is 5.56 Å². The molecule has 4 nitrogen and oxygen atoms in total. The first-order valence-electron chi connectivity index (χ1n) is 5.67. The number of carboxylic acid groups (broad SMARTS) is 1. The number of carbonyl (C=O) groups excluding carboxylic acids is 1. The average molecular weight is 233 g/mol. The molecule has 0 spiro atoms. The zero-order valence-corrected chi connectivity index (χ0v) is 9.64. The second-order valence-corrected chi connectivity index (χ2v) is 4.46. The molecule has 2 N–H and O–H groups in total. The number of benzene rings is 1. The van der Waals surface area contributed by atoms with Crippen molar-refractivity contribution in [1.82, 2.24) is 5.32 Å². The number of aromatic carboxylic acids is 1. The first-order valence-corrected chi connectivity index (χ1v) is 5.67. The van der Waals surface area contributed by atoms with E-state index in [4.69, 9.17) is 5.11 Å². The maximum atomic E-state index is 11.1. The zero-order chi connectivity index (χ0) is 12.4. The molecule has 1 aromatic rings. The van der Waals surface area contributed by atoms with Crippen LogP contribution in [0.15, 0.2) is 24.3 Å². The van der Waals surface area contributed by atoms with Gasteiger partial charge in [0.25, 0.3) is 0 Å². The highest BCUT2D eigenvalue weighted by Crippen LogP contribution is 2.38. The Morgan fingerprint density at radius 2 is 1.94 bits per heavy atom. The number of hydrogen-bond donors (Lipinski definition) is 2. The van der Waals surface area contributed by atoms with Crippen LogP contribution in [-0.2, 0) is 4.79 Å². The highest BCUT2D eigenvalue weighted by atomic mass is 16.4. The molecule has 1 aliphatic rings. The first kappa shape index (κ1) is 11.6. The van der Waals surface area contributed by atoms with Gasteiger partial charge in [-0.2, -0.15) is 0 Å². The van der Waals surface area contributed by atoms with Crippen LogP contribution in [0.2, 0.25) is 0 Å². The minimum atomic E-state index is -0.886. The predicted molar refractivity (Wildman–Crippen MR) is 63.0 cm³/mol. The van der Waals surface area contributed by atoms with Crippen LogP contribution in [0, 0.1) is 0 Å². The molecular weight excluding hydrogens is 218 g/mol. The number of nitrogens with one attached hydrogen (secondary N) is 1. The van der Waals surface area contributed by atoms with E-state index in [0.29, 0.717) is 5.56 Å². The lowest BCUT2D eigenvalue weighted by molar-refractivity contribution is -0.120. The summed E-state index contributed by atoms with van der Waals surface area (Å²) < 4.78 is 0. The summed E-state index contributed by atoms with van der Waals surface area (Å²) in [6.45, 7) is 1.50. The fourth-order valence-corrected chi connectivity index (χ4v) is 2.32. The molecule has 90 valence electrons. The summed E-state index contributed by atoms with van der Waals surface area (Å²) >= 11 is 0. The van der Waals surface area contributed by atoms with Crippen LogP contribution in [0.4, 0.5) is 0 Å². The molecule has 1 aromatic carbocycles. The fourth-order valence-electron chi connectivity index (χ4n) is 2.32. The highest BCUT2D eigenvalue weighted by molar-refractivity contribution is 5.89. The quantitative estimate of drug-likeness (QED) is 0.836. The van der Waals surface area contributed by atoms with E-state index in [1.165, 1.54) is 6.92 Å². The predicted octanol–water partition coefficient (Wildman–Crippen LogP) is 1.77. The van der Waals surface area contributed by atoms with Crippen LogP contribution < -0.4 is 5.32 Å². The SMILES string of the molecule is CC(=O)NC1CC(c2ccccc2C(=O)O)C1. The number of hydrogen-bond acceptors (Lipinski definition) is 2. The van der Waals surface area contributed by atoms with Crippen molar-refractivity contribution in [1.29, 1.82) is 0 Å². The molecule has 0 aliphatic heterocycles. The van der Waals surface area contributed by atoms with Crippen molar-refractivity contribution in [3.63, 3.8) is 0 Å². The highest BCUT2D eigenvalue weighted by Gasteiger charge is 2.32. The van der Waals surface area contributed by atoms with Gasteiger partial charge in [-0.3, -0.25) is 4.79 Å². The molecule has 1 aliphatic carbocycles. The van der Waals surface area contributed by atoms with Crippen molar-refractivity contribution in [3.05, 3.63) is 35.4 Å². The molecule has 4 heteroatoms. The molecule has 0 heterocycles. The van der Waals surface area contributed by atoms with Crippen molar-refractivity contribution in [2.75, 3.05) is 0 Å². The normalized spacial score (nSPS) is 22.6. The molecule has 0 aromatic heterocycles. The Kier molecular flexibility index (Phi) is 3.13. The number of rotatable bonds is 3. The largest absolute Gasteiger partial charge is 0.478 e. The van der Waals surface area contributed by atoms with Gasteiger partial charge in [0.2, 0.25) is 5.91 Å². The topological polar surface area (TPSA) is 66.4 Å². The van der Waals surface area contributed by atoms with Crippen LogP contribution in [0.1, 0.15) is 41.6 Å². The van der Waals surface area contributed by atoms with Crippen LogP contribution in [0.5, 0.6) is 0 Å². The minimum absolute atomic E-state index is 0.0278. The van der Waals surface area contributed by atoms with Crippen molar-refractivity contribution >= 4 is 11.9 Å². The van der Waals surface area contributed by atoms with E-state index in [-0.39, 0.29) is 17.9 Å². The van der Waals surface area contributed by atoms with Crippen LogP contribution >= 0.6 is 0 Å². The summed E-state index contributed by atoms with van der Waals surface area (Å²) in [5.41, 5.74) is 1.25. The molecule has 0 saturated heterocycles. The summed E-state index contributed by atoms with van der Waals surface area (Å²) in [6.07, 6.45) is 1.65. The second-order valence-electron chi connectivity index (χ2n) is 4.46. The van der Waals surface area contributed by atoms with Gasteiger partial charge in [0, 0.05) is 13.0 Å². The van der Waals surface area contributed by atoms with E-state index in [0.717, 1.165) is 18.4 Å². The summed E-state index contributed by atoms with van der Waals surface area (Å²) in [4.78, 5) is 21.9. The van der Waals surface area contributed by atoms with E-state index in [1.807, 2.05) is 12.1 Å². The van der Waals surface area contributed by atoms with Gasteiger partial charge >= 0.3 is 5.97 Å². The molecule has 0 radical (unpaired) electrons. The Labute approximate surface area is 99.6 Å². The number of carbonyl (C=O) groups is 2. The van der Waals surface area contributed by atoms with Gasteiger partial charge < -0.3 is 10.4 Å². The third kappa shape index (κ3) is 2.46. The van der Waals surface area contributed by atoms with Crippen LogP contribution in [0.25, 0.3) is 0 Å². The molecule has 17 heavy (non-hydrogen) atoms. The van der Waals surface area contributed by atoms with E-state index in [9.17, 15) is 9.59 Å². The standard InChI is InChI=1S/C13H15NO3/c1-8(15)14-10-6-9(7-10)11-4-2-3-5-12(11)13(16)17/h2-5,9-10H,6-7H2,1H3,(H,14,15)(H,16,17). The van der Waals surface area contributed by atoms with Gasteiger partial charge in [0.15, 0.2) is 0 Å². The minimum Gasteiger partial charge on any atom is -0.478 e. The van der Waals surface area contributed by atoms with Gasteiger partial charge in [-0.05, 0) is 30.4 Å². The Hall–Kier alpha value is -1.84. The molecule has 1 amide bonds. The van der Waals surface area contributed by atoms with E-state index in [2.05, 4.69) is 5.32 Å². The Balaban J connectivity index is 2.06. The number of carboxylic acids is 1. The second kappa shape index (κ2) is 4.57. The fraction of sp³-hybridized carbons (Fsp3) is 0.385. The van der Waals surface area contributed by atoms with E-state index < -0.39 is 5.97 Å². The molecule has 1 saturated carbocycles. The maximum absolute atomic E-state index is 11.1. The lowest BCUT2D eigenvalue weighted by Gasteiger charge is -2.36. The molecule has 0 unspecified atom stereocenters. The molecular formula is C13H15NO3. The van der Waals surface area contributed by atoms with Gasteiger partial charge in [0.1, 0.15) is 0 Å². The smallest absolute Gasteiger partial charge is 0.335 e. The van der Waals surface area contributed by atoms with Crippen LogP contribution in [-0.4, -0.2) is 23.0 Å². The summed E-state index contributed by atoms with van der Waals surface area (Å²) in [5.74, 6) is -0.664. The monoisotopic (exact) mass is 233 g/mol. The summed E-state index contributed by atoms with van der Waals surface area (Å²) in [6, 6.07) is 7.27. The zero-order valence-electron chi connectivity index (χ0n) is 9.64. The van der Waals surface area contributed by atoms with Crippen molar-refractivity contribution in [2.24, 2.45) is 0 Å². The van der Waals surface area contributed by atoms with Crippen molar-refractivity contribution in [2.45, 2.75) is 31.7 Å². The van der Waals surface area contributed by atoms with E-state index in [1.54, 1.807) is 12.1 Å².